The van der Waals surface area contributed by atoms with Crippen LogP contribution in [0.5, 0.6) is 0 Å². The molecule has 4 aromatic rings. The molecule has 0 saturated heterocycles. The summed E-state index contributed by atoms with van der Waals surface area (Å²) in [6.07, 6.45) is 11.7. The molecule has 0 bridgehead atoms. The molecule has 4 aromatic carbocycles. The Labute approximate surface area is 221 Å². The fraction of sp³-hybridized carbons (Fsp3) is 0.0556. The van der Waals surface area contributed by atoms with Crippen molar-refractivity contribution in [1.82, 2.24) is 0 Å². The van der Waals surface area contributed by atoms with Crippen LogP contribution in [-0.4, -0.2) is 0 Å². The highest BCUT2D eigenvalue weighted by molar-refractivity contribution is 6.12. The molecule has 182 valence electrons. The first-order valence-corrected chi connectivity index (χ1v) is 12.4. The minimum atomic E-state index is 0.793. The number of hydrogen-bond donors (Lipinski definition) is 1. The van der Waals surface area contributed by atoms with Crippen molar-refractivity contribution in [2.45, 2.75) is 13.8 Å². The van der Waals surface area contributed by atoms with Crippen LogP contribution < -0.4 is 5.73 Å². The smallest absolute Gasteiger partial charge is 0.0128 e. The molecule has 1 heteroatoms. The van der Waals surface area contributed by atoms with Gasteiger partial charge in [0.05, 0.1) is 0 Å². The number of allylic oxidation sites excluding steroid dienone is 4. The Morgan fingerprint density at radius 1 is 0.676 bits per heavy atom. The van der Waals surface area contributed by atoms with Crippen LogP contribution in [0.1, 0.15) is 41.7 Å². The lowest BCUT2D eigenvalue weighted by molar-refractivity contribution is 1.32. The predicted octanol–water partition coefficient (Wildman–Crippen LogP) is 10.0. The molecule has 37 heavy (non-hydrogen) atoms. The maximum absolute atomic E-state index is 6.17. The number of hydrogen-bond acceptors (Lipinski definition) is 1. The zero-order chi connectivity index (χ0) is 26.5. The van der Waals surface area contributed by atoms with Gasteiger partial charge < -0.3 is 5.73 Å². The van der Waals surface area contributed by atoms with Crippen LogP contribution in [0, 0.1) is 0 Å². The van der Waals surface area contributed by atoms with E-state index in [1.807, 2.05) is 50.3 Å². The number of benzene rings is 4. The molecule has 0 heterocycles. The highest BCUT2D eigenvalue weighted by Gasteiger charge is 2.20. The highest BCUT2D eigenvalue weighted by Crippen LogP contribution is 2.44. The zero-order valence-corrected chi connectivity index (χ0v) is 21.7. The summed E-state index contributed by atoms with van der Waals surface area (Å²) in [7, 11) is 0. The van der Waals surface area contributed by atoms with Gasteiger partial charge in [0.2, 0.25) is 0 Å². The van der Waals surface area contributed by atoms with Crippen LogP contribution in [-0.2, 0) is 0 Å². The summed E-state index contributed by atoms with van der Waals surface area (Å²) in [6, 6.07) is 23.4. The average molecular weight is 480 g/mol. The van der Waals surface area contributed by atoms with Gasteiger partial charge in [-0.15, -0.1) is 0 Å². The van der Waals surface area contributed by atoms with Crippen LogP contribution >= 0.6 is 0 Å². The van der Waals surface area contributed by atoms with Crippen LogP contribution in [0.25, 0.3) is 62.9 Å². The fourth-order valence-electron chi connectivity index (χ4n) is 5.15. The van der Waals surface area contributed by atoms with Gasteiger partial charge in [0.15, 0.2) is 0 Å². The standard InChI is InChI=1S/C36H33N/c1-7-15-31(24(6)37)26-20-22-27(23-21-26)35-29(10-4)30(11-5)36(34-18-13-12-17-33(34)35)32-19-14-16-25(8-2)28(32)9-3/h7-23H,2-5,37H2,1,6H3/b15-7-,31-24+. The average Bonchev–Trinajstić information content (AvgIpc) is 2.93. The van der Waals surface area contributed by atoms with Gasteiger partial charge >= 0.3 is 0 Å². The topological polar surface area (TPSA) is 26.0 Å². The van der Waals surface area contributed by atoms with Gasteiger partial charge in [0.1, 0.15) is 0 Å². The third kappa shape index (κ3) is 4.52. The van der Waals surface area contributed by atoms with E-state index in [0.717, 1.165) is 72.1 Å². The van der Waals surface area contributed by atoms with Crippen LogP contribution in [0.15, 0.2) is 111 Å². The summed E-state index contributed by atoms with van der Waals surface area (Å²) < 4.78 is 0. The summed E-state index contributed by atoms with van der Waals surface area (Å²) in [5, 5.41) is 2.31. The lowest BCUT2D eigenvalue weighted by atomic mass is 9.81. The molecule has 0 atom stereocenters. The van der Waals surface area contributed by atoms with Crippen molar-refractivity contribution in [1.29, 1.82) is 0 Å². The Morgan fingerprint density at radius 2 is 1.27 bits per heavy atom. The second-order valence-corrected chi connectivity index (χ2v) is 8.92. The fourth-order valence-corrected chi connectivity index (χ4v) is 5.15. The van der Waals surface area contributed by atoms with E-state index in [9.17, 15) is 0 Å². The number of rotatable bonds is 8. The monoisotopic (exact) mass is 479 g/mol. The molecule has 0 aliphatic carbocycles. The molecule has 4 rings (SSSR count). The van der Waals surface area contributed by atoms with Gasteiger partial charge in [-0.1, -0.05) is 130 Å². The Kier molecular flexibility index (Phi) is 7.55. The molecule has 1 nitrogen and oxygen atoms in total. The molecular formula is C36H33N. The van der Waals surface area contributed by atoms with Crippen molar-refractivity contribution < 1.29 is 0 Å². The largest absolute Gasteiger partial charge is 0.402 e. The van der Waals surface area contributed by atoms with Crippen molar-refractivity contribution >= 4 is 40.6 Å². The molecule has 0 unspecified atom stereocenters. The highest BCUT2D eigenvalue weighted by atomic mass is 14.6. The van der Waals surface area contributed by atoms with E-state index in [4.69, 9.17) is 5.73 Å². The SMILES string of the molecule is C=Cc1cccc(-c2c(C=C)c(C=C)c(-c3ccc(C(/C=C\C)=C(\C)N)cc3)c3ccccc23)c1C=C. The second kappa shape index (κ2) is 11.0. The van der Waals surface area contributed by atoms with E-state index in [2.05, 4.69) is 93.0 Å². The van der Waals surface area contributed by atoms with Crippen molar-refractivity contribution in [3.8, 4) is 22.3 Å². The van der Waals surface area contributed by atoms with E-state index in [0.29, 0.717) is 0 Å². The molecule has 0 saturated carbocycles. The van der Waals surface area contributed by atoms with Crippen LogP contribution in [0.3, 0.4) is 0 Å². The van der Waals surface area contributed by atoms with E-state index in [-0.39, 0.29) is 0 Å². The van der Waals surface area contributed by atoms with Crippen molar-refractivity contribution in [3.63, 3.8) is 0 Å². The van der Waals surface area contributed by atoms with Crippen LogP contribution in [0.2, 0.25) is 0 Å². The Hall–Kier alpha value is -4.62. The van der Waals surface area contributed by atoms with E-state index < -0.39 is 0 Å². The Balaban J connectivity index is 2.09. The summed E-state index contributed by atoms with van der Waals surface area (Å²) >= 11 is 0. The Bertz CT molecular complexity index is 1590. The number of fused-ring (bicyclic) bond motifs is 1. The first-order chi connectivity index (χ1) is 18.0. The molecule has 0 amide bonds. The van der Waals surface area contributed by atoms with E-state index >= 15 is 0 Å². The summed E-state index contributed by atoms with van der Waals surface area (Å²) in [5.74, 6) is 0. The van der Waals surface area contributed by atoms with Crippen molar-refractivity contribution in [2.75, 3.05) is 0 Å². The van der Waals surface area contributed by atoms with Gasteiger partial charge in [-0.05, 0) is 80.3 Å². The van der Waals surface area contributed by atoms with Crippen molar-refractivity contribution in [3.05, 3.63) is 139 Å². The molecular weight excluding hydrogens is 446 g/mol. The molecule has 0 aliphatic rings. The van der Waals surface area contributed by atoms with E-state index in [1.165, 1.54) is 0 Å². The Morgan fingerprint density at radius 3 is 1.81 bits per heavy atom. The lowest BCUT2D eigenvalue weighted by Gasteiger charge is -2.22. The maximum Gasteiger partial charge on any atom is 0.0128 e. The lowest BCUT2D eigenvalue weighted by Crippen LogP contribution is -1.98. The predicted molar refractivity (Wildman–Crippen MR) is 167 cm³/mol. The quantitative estimate of drug-likeness (QED) is 0.250. The molecule has 0 spiro atoms. The molecule has 0 fully saturated rings. The summed E-state index contributed by atoms with van der Waals surface area (Å²) in [5.41, 5.74) is 17.7. The first-order valence-electron chi connectivity index (χ1n) is 12.4. The minimum absolute atomic E-state index is 0.793. The molecule has 0 radical (unpaired) electrons. The van der Waals surface area contributed by atoms with E-state index in [1.54, 1.807) is 0 Å². The molecule has 0 aromatic heterocycles. The number of nitrogens with two attached hydrogens (primary N) is 1. The zero-order valence-electron chi connectivity index (χ0n) is 21.7. The summed E-state index contributed by atoms with van der Waals surface area (Å²) in [4.78, 5) is 0. The maximum atomic E-state index is 6.17. The van der Waals surface area contributed by atoms with Crippen LogP contribution in [0.4, 0.5) is 0 Å². The minimum Gasteiger partial charge on any atom is -0.402 e. The van der Waals surface area contributed by atoms with Gasteiger partial charge in [0.25, 0.3) is 0 Å². The van der Waals surface area contributed by atoms with Crippen molar-refractivity contribution in [2.24, 2.45) is 5.73 Å². The molecule has 0 aliphatic heterocycles. The van der Waals surface area contributed by atoms with Gasteiger partial charge in [0, 0.05) is 5.70 Å². The normalized spacial score (nSPS) is 11.8. The first kappa shape index (κ1) is 25.5. The third-order valence-corrected chi connectivity index (χ3v) is 6.78. The van der Waals surface area contributed by atoms with Gasteiger partial charge in [-0.2, -0.15) is 0 Å². The van der Waals surface area contributed by atoms with Gasteiger partial charge in [-0.3, -0.25) is 0 Å². The van der Waals surface area contributed by atoms with Gasteiger partial charge in [-0.25, -0.2) is 0 Å². The summed E-state index contributed by atoms with van der Waals surface area (Å²) in [6.45, 7) is 20.5. The third-order valence-electron chi connectivity index (χ3n) is 6.78. The molecule has 2 N–H and O–H groups in total. The second-order valence-electron chi connectivity index (χ2n) is 8.92.